The molecule has 22 heavy (non-hydrogen) atoms. The van der Waals surface area contributed by atoms with Crippen molar-refractivity contribution in [1.82, 2.24) is 5.32 Å². The molecule has 1 aromatic carbocycles. The summed E-state index contributed by atoms with van der Waals surface area (Å²) in [6.45, 7) is 0.509. The van der Waals surface area contributed by atoms with Crippen LogP contribution in [0.1, 0.15) is 19.3 Å². The number of amides is 1. The lowest BCUT2D eigenvalue weighted by Gasteiger charge is -2.19. The lowest BCUT2D eigenvalue weighted by Crippen LogP contribution is -2.42. The van der Waals surface area contributed by atoms with Gasteiger partial charge in [-0.1, -0.05) is 18.0 Å². The highest BCUT2D eigenvalue weighted by molar-refractivity contribution is 7.92. The molecule has 2 rings (SSSR count). The van der Waals surface area contributed by atoms with Crippen molar-refractivity contribution >= 4 is 39.8 Å². The minimum Gasteiger partial charge on any atom is -0.352 e. The lowest BCUT2D eigenvalue weighted by atomic mass is 10.0. The molecule has 124 valence electrons. The molecule has 1 aromatic rings. The highest BCUT2D eigenvalue weighted by Gasteiger charge is 2.29. The van der Waals surface area contributed by atoms with E-state index in [0.717, 1.165) is 19.3 Å². The minimum atomic E-state index is -3.64. The maximum absolute atomic E-state index is 12.2. The zero-order valence-corrected chi connectivity index (χ0v) is 14.4. The molecule has 0 heterocycles. The summed E-state index contributed by atoms with van der Waals surface area (Å²) in [5.41, 5.74) is 5.65. The molecule has 2 unspecified atom stereocenters. The van der Waals surface area contributed by atoms with Gasteiger partial charge in [0.25, 0.3) is 0 Å². The number of hydrogen-bond acceptors (Lipinski definition) is 4. The van der Waals surface area contributed by atoms with Crippen LogP contribution in [0.4, 0.5) is 0 Å². The van der Waals surface area contributed by atoms with E-state index in [1.165, 1.54) is 24.3 Å². The number of benzene rings is 1. The largest absolute Gasteiger partial charge is 0.352 e. The summed E-state index contributed by atoms with van der Waals surface area (Å²) in [6, 6.07) is 5.79. The van der Waals surface area contributed by atoms with Gasteiger partial charge in [0, 0.05) is 11.1 Å². The average molecular weight is 367 g/mol. The Morgan fingerprint density at radius 3 is 2.50 bits per heavy atom. The Labute approximate surface area is 141 Å². The number of hydrogen-bond donors (Lipinski definition) is 2. The third kappa shape index (κ3) is 4.84. The number of nitrogens with one attached hydrogen (secondary N) is 1. The van der Waals surface area contributed by atoms with Crippen molar-refractivity contribution in [3.63, 3.8) is 0 Å². The lowest BCUT2D eigenvalue weighted by molar-refractivity contribution is -0.119. The van der Waals surface area contributed by atoms with Crippen LogP contribution in [0.25, 0.3) is 0 Å². The van der Waals surface area contributed by atoms with Crippen LogP contribution in [-0.4, -0.2) is 32.7 Å². The summed E-state index contributed by atoms with van der Waals surface area (Å²) in [5, 5.41) is 3.25. The first-order valence-electron chi connectivity index (χ1n) is 6.90. The molecular weight excluding hydrogens is 347 g/mol. The molecule has 0 radical (unpaired) electrons. The van der Waals surface area contributed by atoms with Crippen molar-refractivity contribution in [3.05, 3.63) is 29.3 Å². The Morgan fingerprint density at radius 2 is 1.91 bits per heavy atom. The first-order chi connectivity index (χ1) is 9.92. The average Bonchev–Trinajstić information content (AvgIpc) is 2.85. The summed E-state index contributed by atoms with van der Waals surface area (Å²) in [6.07, 6.45) is 2.84. The maximum atomic E-state index is 12.2. The van der Waals surface area contributed by atoms with E-state index in [9.17, 15) is 13.2 Å². The van der Waals surface area contributed by atoms with Gasteiger partial charge in [-0.15, -0.1) is 12.4 Å². The molecule has 2 atom stereocenters. The van der Waals surface area contributed by atoms with E-state index < -0.39 is 21.5 Å². The van der Waals surface area contributed by atoms with Crippen LogP contribution in [0.5, 0.6) is 0 Å². The fourth-order valence-corrected chi connectivity index (χ4v) is 3.93. The topological polar surface area (TPSA) is 89.3 Å². The summed E-state index contributed by atoms with van der Waals surface area (Å²) < 4.78 is 24.3. The fraction of sp³-hybridized carbons (Fsp3) is 0.500. The molecule has 0 bridgehead atoms. The molecule has 1 aliphatic carbocycles. The molecular formula is C14H20Cl2N2O3S. The number of halogens is 2. The van der Waals surface area contributed by atoms with Gasteiger partial charge in [-0.05, 0) is 49.6 Å². The maximum Gasteiger partial charge on any atom is 0.235 e. The van der Waals surface area contributed by atoms with Crippen molar-refractivity contribution in [1.29, 1.82) is 0 Å². The smallest absolute Gasteiger partial charge is 0.235 e. The Kier molecular flexibility index (Phi) is 7.12. The number of rotatable bonds is 5. The van der Waals surface area contributed by atoms with Gasteiger partial charge in [-0.2, -0.15) is 0 Å². The molecule has 0 spiro atoms. The third-order valence-corrected chi connectivity index (χ3v) is 5.69. The number of carbonyl (C=O) groups excluding carboxylic acids is 1. The van der Waals surface area contributed by atoms with Crippen molar-refractivity contribution in [2.45, 2.75) is 30.2 Å². The van der Waals surface area contributed by atoms with E-state index in [2.05, 4.69) is 5.32 Å². The Hall–Kier alpha value is -0.820. The molecule has 0 aromatic heterocycles. The van der Waals surface area contributed by atoms with E-state index >= 15 is 0 Å². The SMILES string of the molecule is Cl.NCC1CCCC1NC(=O)CS(=O)(=O)c1ccc(Cl)cc1. The van der Waals surface area contributed by atoms with Crippen LogP contribution in [0, 0.1) is 5.92 Å². The van der Waals surface area contributed by atoms with E-state index in [1.54, 1.807) is 0 Å². The van der Waals surface area contributed by atoms with Crippen molar-refractivity contribution in [3.8, 4) is 0 Å². The predicted octanol–water partition coefficient (Wildman–Crippen LogP) is 1.78. The van der Waals surface area contributed by atoms with Gasteiger partial charge in [-0.25, -0.2) is 8.42 Å². The van der Waals surface area contributed by atoms with Gasteiger partial charge >= 0.3 is 0 Å². The van der Waals surface area contributed by atoms with E-state index in [1.807, 2.05) is 0 Å². The van der Waals surface area contributed by atoms with Crippen LogP contribution < -0.4 is 11.1 Å². The number of carbonyl (C=O) groups is 1. The van der Waals surface area contributed by atoms with Gasteiger partial charge < -0.3 is 11.1 Å². The summed E-state index contributed by atoms with van der Waals surface area (Å²) in [5.74, 6) is -0.787. The first kappa shape index (κ1) is 19.2. The number of nitrogens with two attached hydrogens (primary N) is 1. The standard InChI is InChI=1S/C14H19ClN2O3S.ClH/c15-11-4-6-12(7-5-11)21(19,20)9-14(18)17-13-3-1-2-10(13)8-16;/h4-7,10,13H,1-3,8-9,16H2,(H,17,18);1H. The molecule has 0 aliphatic heterocycles. The van der Waals surface area contributed by atoms with E-state index in [0.29, 0.717) is 11.6 Å². The fourth-order valence-electron chi connectivity index (χ4n) is 2.66. The second-order valence-corrected chi connectivity index (χ2v) is 7.74. The van der Waals surface area contributed by atoms with Gasteiger partial charge in [0.1, 0.15) is 5.75 Å². The normalized spacial score (nSPS) is 21.2. The Balaban J connectivity index is 0.00000242. The molecule has 1 aliphatic rings. The van der Waals surface area contributed by atoms with Crippen LogP contribution in [-0.2, 0) is 14.6 Å². The molecule has 5 nitrogen and oxygen atoms in total. The third-order valence-electron chi connectivity index (χ3n) is 3.80. The second-order valence-electron chi connectivity index (χ2n) is 5.31. The zero-order valence-electron chi connectivity index (χ0n) is 12.0. The van der Waals surface area contributed by atoms with Gasteiger partial charge in [-0.3, -0.25) is 4.79 Å². The van der Waals surface area contributed by atoms with Crippen molar-refractivity contribution in [2.75, 3.05) is 12.3 Å². The summed E-state index contributed by atoms with van der Waals surface area (Å²) >= 11 is 5.73. The quantitative estimate of drug-likeness (QED) is 0.830. The Morgan fingerprint density at radius 1 is 1.27 bits per heavy atom. The minimum absolute atomic E-state index is 0. The van der Waals surface area contributed by atoms with E-state index in [4.69, 9.17) is 17.3 Å². The molecule has 8 heteroatoms. The monoisotopic (exact) mass is 366 g/mol. The zero-order chi connectivity index (χ0) is 15.5. The highest BCUT2D eigenvalue weighted by Crippen LogP contribution is 2.24. The molecule has 0 saturated heterocycles. The van der Waals surface area contributed by atoms with Crippen LogP contribution in [0.2, 0.25) is 5.02 Å². The second kappa shape index (κ2) is 8.15. The molecule has 1 fully saturated rings. The van der Waals surface area contributed by atoms with Gasteiger partial charge in [0.15, 0.2) is 9.84 Å². The molecule has 1 saturated carbocycles. The first-order valence-corrected chi connectivity index (χ1v) is 8.93. The summed E-state index contributed by atoms with van der Waals surface area (Å²) in [7, 11) is -3.64. The molecule has 1 amide bonds. The van der Waals surface area contributed by atoms with Gasteiger partial charge in [0.05, 0.1) is 4.90 Å². The van der Waals surface area contributed by atoms with Crippen molar-refractivity contribution in [2.24, 2.45) is 11.7 Å². The Bertz CT molecular complexity index is 605. The van der Waals surface area contributed by atoms with Gasteiger partial charge in [0.2, 0.25) is 5.91 Å². The predicted molar refractivity (Wildman–Crippen MR) is 89.1 cm³/mol. The van der Waals surface area contributed by atoms with Crippen LogP contribution in [0.15, 0.2) is 29.2 Å². The van der Waals surface area contributed by atoms with Crippen LogP contribution >= 0.6 is 24.0 Å². The highest BCUT2D eigenvalue weighted by atomic mass is 35.5. The van der Waals surface area contributed by atoms with E-state index in [-0.39, 0.29) is 29.3 Å². The van der Waals surface area contributed by atoms with Crippen molar-refractivity contribution < 1.29 is 13.2 Å². The summed E-state index contributed by atoms with van der Waals surface area (Å²) in [4.78, 5) is 12.1. The molecule has 3 N–H and O–H groups in total. The van der Waals surface area contributed by atoms with Crippen LogP contribution in [0.3, 0.4) is 0 Å². The number of sulfone groups is 1.